The van der Waals surface area contributed by atoms with Gasteiger partial charge < -0.3 is 26.4 Å². The monoisotopic (exact) mass is 550 g/mol. The van der Waals surface area contributed by atoms with Gasteiger partial charge in [0.05, 0.1) is 6.04 Å². The maximum absolute atomic E-state index is 14.0. The molecule has 11 heteroatoms. The number of aliphatic hydroxyl groups is 1. The van der Waals surface area contributed by atoms with Crippen molar-refractivity contribution >= 4 is 41.3 Å². The number of hydrogen-bond acceptors (Lipinski definition) is 5. The minimum absolute atomic E-state index is 0.0656. The summed E-state index contributed by atoms with van der Waals surface area (Å²) in [6.45, 7) is 5.77. The van der Waals surface area contributed by atoms with Crippen LogP contribution < -0.4 is 21.3 Å². The second-order valence-electron chi connectivity index (χ2n) is 11.1. The molecule has 4 atom stereocenters. The zero-order valence-corrected chi connectivity index (χ0v) is 22.6. The van der Waals surface area contributed by atoms with Gasteiger partial charge in [-0.2, -0.15) is 0 Å². The summed E-state index contributed by atoms with van der Waals surface area (Å²) in [7, 11) is 0. The number of carbonyl (C=O) groups excluding carboxylic acids is 4. The van der Waals surface area contributed by atoms with Gasteiger partial charge in [0.25, 0.3) is 5.91 Å². The quantitative estimate of drug-likeness (QED) is 0.269. The summed E-state index contributed by atoms with van der Waals surface area (Å²) in [6.07, 6.45) is 3.63. The fraction of sp³-hybridized carbons (Fsp3) is 0.556. The van der Waals surface area contributed by atoms with Crippen LogP contribution in [0.1, 0.15) is 58.4 Å². The molecule has 208 valence electrons. The second kappa shape index (κ2) is 12.7. The molecule has 1 heterocycles. The lowest BCUT2D eigenvalue weighted by atomic mass is 9.93. The fourth-order valence-corrected chi connectivity index (χ4v) is 4.45. The van der Waals surface area contributed by atoms with Gasteiger partial charge in [0, 0.05) is 34.7 Å². The van der Waals surface area contributed by atoms with Gasteiger partial charge in [0.1, 0.15) is 11.9 Å². The molecule has 2 aliphatic rings. The van der Waals surface area contributed by atoms with Gasteiger partial charge in [-0.05, 0) is 64.2 Å². The molecule has 3 rings (SSSR count). The molecular formula is C27H36ClFN4O5. The maximum Gasteiger partial charge on any atom is 0.251 e. The molecule has 0 radical (unpaired) electrons. The molecule has 1 aliphatic heterocycles. The highest BCUT2D eigenvalue weighted by atomic mass is 35.5. The Labute approximate surface area is 227 Å². The summed E-state index contributed by atoms with van der Waals surface area (Å²) in [5.74, 6) is -2.83. The van der Waals surface area contributed by atoms with E-state index in [0.29, 0.717) is 19.4 Å². The molecule has 5 N–H and O–H groups in total. The summed E-state index contributed by atoms with van der Waals surface area (Å²) >= 11 is 5.76. The summed E-state index contributed by atoms with van der Waals surface area (Å²) in [5.41, 5.74) is -0.453. The Morgan fingerprint density at radius 1 is 1.16 bits per heavy atom. The van der Waals surface area contributed by atoms with Crippen molar-refractivity contribution in [3.05, 3.63) is 40.7 Å². The first-order valence-corrected chi connectivity index (χ1v) is 13.2. The predicted molar refractivity (Wildman–Crippen MR) is 141 cm³/mol. The van der Waals surface area contributed by atoms with Crippen LogP contribution in [0.4, 0.5) is 4.39 Å². The summed E-state index contributed by atoms with van der Waals surface area (Å²) in [6, 6.07) is 2.08. The molecule has 1 aliphatic carbocycles. The Morgan fingerprint density at radius 2 is 1.87 bits per heavy atom. The van der Waals surface area contributed by atoms with Crippen molar-refractivity contribution in [2.75, 3.05) is 6.54 Å². The van der Waals surface area contributed by atoms with Crippen LogP contribution in [0, 0.1) is 17.7 Å². The van der Waals surface area contributed by atoms with Crippen LogP contribution in [0.15, 0.2) is 24.3 Å². The molecule has 0 aromatic heterocycles. The zero-order valence-electron chi connectivity index (χ0n) is 21.9. The molecule has 1 aromatic carbocycles. The number of carbonyl (C=O) groups is 4. The SMILES string of the molecule is CC(C)(C)NC(=O)C(O)C(C[C@@H]1CCNC1=O)NC(=O)[C@H](CC1CC1)NC(=O)/C=C/c1ccc(Cl)cc1F. The molecule has 2 unspecified atom stereocenters. The number of nitrogens with one attached hydrogen (secondary N) is 4. The van der Waals surface area contributed by atoms with Crippen molar-refractivity contribution in [1.82, 2.24) is 21.3 Å². The largest absolute Gasteiger partial charge is 0.381 e. The van der Waals surface area contributed by atoms with Crippen LogP contribution >= 0.6 is 11.6 Å². The Bertz CT molecular complexity index is 1090. The minimum atomic E-state index is -1.60. The molecule has 4 amide bonds. The Morgan fingerprint density at radius 3 is 2.45 bits per heavy atom. The van der Waals surface area contributed by atoms with Crippen LogP contribution in [0.5, 0.6) is 0 Å². The smallest absolute Gasteiger partial charge is 0.251 e. The van der Waals surface area contributed by atoms with Crippen LogP contribution in [0.25, 0.3) is 6.08 Å². The summed E-state index contributed by atoms with van der Waals surface area (Å²) in [4.78, 5) is 50.8. The van der Waals surface area contributed by atoms with E-state index in [9.17, 15) is 28.7 Å². The Hall–Kier alpha value is -2.98. The third kappa shape index (κ3) is 9.09. The van der Waals surface area contributed by atoms with Crippen molar-refractivity contribution < 1.29 is 28.7 Å². The first-order chi connectivity index (χ1) is 17.8. The number of amides is 4. The van der Waals surface area contributed by atoms with Gasteiger partial charge in [-0.15, -0.1) is 0 Å². The van der Waals surface area contributed by atoms with Crippen LogP contribution in [0.3, 0.4) is 0 Å². The number of benzene rings is 1. The Balaban J connectivity index is 1.72. The fourth-order valence-electron chi connectivity index (χ4n) is 4.29. The molecule has 1 aromatic rings. The molecule has 0 bridgehead atoms. The van der Waals surface area contributed by atoms with E-state index in [-0.39, 0.29) is 28.8 Å². The highest BCUT2D eigenvalue weighted by Crippen LogP contribution is 2.33. The van der Waals surface area contributed by atoms with E-state index < -0.39 is 53.2 Å². The van der Waals surface area contributed by atoms with E-state index >= 15 is 0 Å². The lowest BCUT2D eigenvalue weighted by Gasteiger charge is -2.30. The highest BCUT2D eigenvalue weighted by molar-refractivity contribution is 6.30. The Kier molecular flexibility index (Phi) is 9.89. The lowest BCUT2D eigenvalue weighted by molar-refractivity contribution is -0.136. The van der Waals surface area contributed by atoms with Gasteiger partial charge in [-0.1, -0.05) is 30.5 Å². The zero-order chi connectivity index (χ0) is 28.0. The van der Waals surface area contributed by atoms with Gasteiger partial charge in [0.15, 0.2) is 6.10 Å². The molecule has 2 fully saturated rings. The van der Waals surface area contributed by atoms with E-state index in [4.69, 9.17) is 11.6 Å². The van der Waals surface area contributed by atoms with E-state index in [1.54, 1.807) is 20.8 Å². The van der Waals surface area contributed by atoms with Crippen molar-refractivity contribution in [1.29, 1.82) is 0 Å². The summed E-state index contributed by atoms with van der Waals surface area (Å²) in [5, 5.41) is 21.9. The highest BCUT2D eigenvalue weighted by Gasteiger charge is 2.37. The van der Waals surface area contributed by atoms with E-state index in [2.05, 4.69) is 21.3 Å². The number of hydrogen-bond donors (Lipinski definition) is 5. The minimum Gasteiger partial charge on any atom is -0.381 e. The van der Waals surface area contributed by atoms with Gasteiger partial charge in [-0.25, -0.2) is 4.39 Å². The molecule has 1 saturated carbocycles. The topological polar surface area (TPSA) is 137 Å². The predicted octanol–water partition coefficient (Wildman–Crippen LogP) is 2.06. The second-order valence-corrected chi connectivity index (χ2v) is 11.5. The van der Waals surface area contributed by atoms with Crippen LogP contribution in [-0.2, 0) is 19.2 Å². The number of halogens is 2. The van der Waals surface area contributed by atoms with Crippen LogP contribution in [-0.4, -0.2) is 59.0 Å². The van der Waals surface area contributed by atoms with Crippen molar-refractivity contribution in [2.45, 2.75) is 76.6 Å². The van der Waals surface area contributed by atoms with E-state index in [1.807, 2.05) is 0 Å². The average Bonchev–Trinajstić information content (AvgIpc) is 3.55. The van der Waals surface area contributed by atoms with Crippen LogP contribution in [0.2, 0.25) is 5.02 Å². The van der Waals surface area contributed by atoms with Crippen molar-refractivity contribution in [2.24, 2.45) is 11.8 Å². The molecule has 1 saturated heterocycles. The first-order valence-electron chi connectivity index (χ1n) is 12.8. The van der Waals surface area contributed by atoms with E-state index in [0.717, 1.165) is 25.0 Å². The molecule has 38 heavy (non-hydrogen) atoms. The number of aliphatic hydroxyl groups excluding tert-OH is 1. The standard InChI is InChI=1S/C27H36ClFN4O5/c1-27(2,3)33-26(38)23(35)20(13-17-10-11-30-24(17)36)32-25(37)21(12-15-4-5-15)31-22(34)9-7-16-6-8-18(28)14-19(16)29/h6-9,14-15,17,20-21,23,35H,4-5,10-13H2,1-3H3,(H,30,36)(H,31,34)(H,32,37)(H,33,38)/b9-7+/t17-,20?,21-,23?/m0/s1. The maximum atomic E-state index is 14.0. The molecule has 0 spiro atoms. The molecular weight excluding hydrogens is 515 g/mol. The van der Waals surface area contributed by atoms with Crippen molar-refractivity contribution in [3.63, 3.8) is 0 Å². The third-order valence-corrected chi connectivity index (χ3v) is 6.69. The third-order valence-electron chi connectivity index (χ3n) is 6.45. The number of rotatable bonds is 11. The normalized spacial score (nSPS) is 19.9. The van der Waals surface area contributed by atoms with Gasteiger partial charge >= 0.3 is 0 Å². The summed E-state index contributed by atoms with van der Waals surface area (Å²) < 4.78 is 14.0. The average molecular weight is 551 g/mol. The van der Waals surface area contributed by atoms with Gasteiger partial charge in [-0.3, -0.25) is 19.2 Å². The first kappa shape index (κ1) is 29.6. The molecule has 9 nitrogen and oxygen atoms in total. The lowest BCUT2D eigenvalue weighted by Crippen LogP contribution is -2.57. The van der Waals surface area contributed by atoms with E-state index in [1.165, 1.54) is 18.2 Å². The van der Waals surface area contributed by atoms with Gasteiger partial charge in [0.2, 0.25) is 17.7 Å². The van der Waals surface area contributed by atoms with Crippen molar-refractivity contribution in [3.8, 4) is 0 Å².